The van der Waals surface area contributed by atoms with Crippen LogP contribution in [0.2, 0.25) is 0 Å². The minimum absolute atomic E-state index is 0.0346. The van der Waals surface area contributed by atoms with Crippen LogP contribution in [-0.4, -0.2) is 48.4 Å². The van der Waals surface area contributed by atoms with Gasteiger partial charge in [-0.2, -0.15) is 0 Å². The molecule has 0 aliphatic rings. The summed E-state index contributed by atoms with van der Waals surface area (Å²) in [5.41, 5.74) is 1.24. The van der Waals surface area contributed by atoms with Crippen molar-refractivity contribution in [3.63, 3.8) is 0 Å². The van der Waals surface area contributed by atoms with Crippen molar-refractivity contribution in [1.29, 1.82) is 0 Å². The second kappa shape index (κ2) is 9.26. The Balaban J connectivity index is 2.88. The molecule has 0 spiro atoms. The lowest BCUT2D eigenvalue weighted by atomic mass is 10.0. The average Bonchev–Trinajstić information content (AvgIpc) is 2.50. The van der Waals surface area contributed by atoms with Gasteiger partial charge < -0.3 is 15.2 Å². The van der Waals surface area contributed by atoms with Gasteiger partial charge in [0.25, 0.3) is 0 Å². The van der Waals surface area contributed by atoms with Crippen LogP contribution in [0.25, 0.3) is 0 Å². The van der Waals surface area contributed by atoms with Crippen LogP contribution in [-0.2, 0) is 0 Å². The maximum atomic E-state index is 9.38. The highest BCUT2D eigenvalue weighted by atomic mass is 16.5. The van der Waals surface area contributed by atoms with Gasteiger partial charge in [0, 0.05) is 36.3 Å². The molecule has 0 radical (unpaired) electrons. The summed E-state index contributed by atoms with van der Waals surface area (Å²) in [6, 6.07) is 8.72. The van der Waals surface area contributed by atoms with Crippen LogP contribution in [0.5, 0.6) is 5.75 Å². The van der Waals surface area contributed by atoms with E-state index in [1.165, 1.54) is 5.56 Å². The van der Waals surface area contributed by atoms with E-state index in [0.717, 1.165) is 25.3 Å². The molecule has 0 unspecified atom stereocenters. The zero-order chi connectivity index (χ0) is 17.5. The van der Waals surface area contributed by atoms with Crippen LogP contribution >= 0.6 is 0 Å². The molecule has 0 bridgehead atoms. The first-order chi connectivity index (χ1) is 10.8. The van der Waals surface area contributed by atoms with Crippen molar-refractivity contribution in [2.45, 2.75) is 58.7 Å². The van der Waals surface area contributed by atoms with Crippen LogP contribution in [0.15, 0.2) is 24.3 Å². The molecule has 0 aliphatic heterocycles. The number of benzene rings is 1. The quantitative estimate of drug-likeness (QED) is 0.733. The first-order valence-corrected chi connectivity index (χ1v) is 8.57. The number of rotatable bonds is 9. The zero-order valence-electron chi connectivity index (χ0n) is 15.6. The molecule has 2 N–H and O–H groups in total. The number of methoxy groups -OCH3 is 1. The molecule has 0 aliphatic carbocycles. The fourth-order valence-electron chi connectivity index (χ4n) is 3.03. The number of hydrogen-bond acceptors (Lipinski definition) is 4. The third-order valence-electron chi connectivity index (χ3n) is 4.11. The van der Waals surface area contributed by atoms with Gasteiger partial charge in [0.1, 0.15) is 5.75 Å². The van der Waals surface area contributed by atoms with Gasteiger partial charge in [0.15, 0.2) is 0 Å². The van der Waals surface area contributed by atoms with Crippen molar-refractivity contribution in [3.8, 4) is 5.75 Å². The van der Waals surface area contributed by atoms with Gasteiger partial charge in [-0.3, -0.25) is 4.90 Å². The summed E-state index contributed by atoms with van der Waals surface area (Å²) in [4.78, 5) is 2.43. The summed E-state index contributed by atoms with van der Waals surface area (Å²) in [5, 5.41) is 13.0. The van der Waals surface area contributed by atoms with Gasteiger partial charge in [0.2, 0.25) is 0 Å². The summed E-state index contributed by atoms with van der Waals surface area (Å²) >= 11 is 0. The third-order valence-corrected chi connectivity index (χ3v) is 4.11. The predicted octanol–water partition coefficient (Wildman–Crippen LogP) is 3.22. The number of para-hydroxylation sites is 1. The minimum Gasteiger partial charge on any atom is -0.496 e. The van der Waals surface area contributed by atoms with Crippen molar-refractivity contribution >= 4 is 0 Å². The standard InChI is InChI=1S/C19H34N2O2/c1-7-21(14-16(12-13-22)20-19(3,4)5)15(2)17-10-8-9-11-18(17)23-6/h8-11,15-16,20,22H,7,12-14H2,1-6H3/t15-,16-/m0/s1. The molecule has 0 fully saturated rings. The Morgan fingerprint density at radius 3 is 2.43 bits per heavy atom. The molecular weight excluding hydrogens is 288 g/mol. The molecule has 23 heavy (non-hydrogen) atoms. The lowest BCUT2D eigenvalue weighted by Gasteiger charge is -2.35. The highest BCUT2D eigenvalue weighted by Gasteiger charge is 2.23. The van der Waals surface area contributed by atoms with E-state index >= 15 is 0 Å². The molecule has 2 atom stereocenters. The molecule has 0 saturated heterocycles. The highest BCUT2D eigenvalue weighted by Crippen LogP contribution is 2.29. The van der Waals surface area contributed by atoms with Crippen LogP contribution < -0.4 is 10.1 Å². The monoisotopic (exact) mass is 322 g/mol. The van der Waals surface area contributed by atoms with Crippen LogP contribution in [0.1, 0.15) is 52.6 Å². The van der Waals surface area contributed by atoms with Crippen molar-refractivity contribution < 1.29 is 9.84 Å². The lowest BCUT2D eigenvalue weighted by Crippen LogP contribution is -2.50. The van der Waals surface area contributed by atoms with E-state index in [0.29, 0.717) is 0 Å². The van der Waals surface area contributed by atoms with E-state index in [4.69, 9.17) is 4.74 Å². The summed E-state index contributed by atoms with van der Waals surface area (Å²) in [7, 11) is 1.72. The van der Waals surface area contributed by atoms with Gasteiger partial charge in [-0.1, -0.05) is 25.1 Å². The molecule has 0 saturated carbocycles. The summed E-state index contributed by atoms with van der Waals surface area (Å²) < 4.78 is 5.51. The largest absolute Gasteiger partial charge is 0.496 e. The first-order valence-electron chi connectivity index (χ1n) is 8.57. The van der Waals surface area contributed by atoms with E-state index < -0.39 is 0 Å². The Morgan fingerprint density at radius 1 is 1.26 bits per heavy atom. The third kappa shape index (κ3) is 6.50. The van der Waals surface area contributed by atoms with E-state index in [9.17, 15) is 5.11 Å². The number of aliphatic hydroxyl groups is 1. The van der Waals surface area contributed by atoms with Crippen LogP contribution in [0, 0.1) is 0 Å². The number of hydrogen-bond donors (Lipinski definition) is 2. The molecule has 1 aromatic carbocycles. The van der Waals surface area contributed by atoms with E-state index in [-0.39, 0.29) is 24.2 Å². The SMILES string of the molecule is CCN(C[C@H](CCO)NC(C)(C)C)[C@@H](C)c1ccccc1OC. The van der Waals surface area contributed by atoms with Crippen molar-refractivity contribution in [2.75, 3.05) is 26.8 Å². The first kappa shape index (κ1) is 19.9. The van der Waals surface area contributed by atoms with Gasteiger partial charge >= 0.3 is 0 Å². The van der Waals surface area contributed by atoms with Crippen molar-refractivity contribution in [2.24, 2.45) is 0 Å². The Morgan fingerprint density at radius 2 is 1.91 bits per heavy atom. The molecule has 0 aromatic heterocycles. The van der Waals surface area contributed by atoms with Gasteiger partial charge in [-0.15, -0.1) is 0 Å². The van der Waals surface area contributed by atoms with Gasteiger partial charge in [-0.25, -0.2) is 0 Å². The van der Waals surface area contributed by atoms with E-state index in [2.05, 4.69) is 57.0 Å². The molecule has 0 heterocycles. The number of nitrogens with zero attached hydrogens (tertiary/aromatic N) is 1. The van der Waals surface area contributed by atoms with Crippen molar-refractivity contribution in [1.82, 2.24) is 10.2 Å². The second-order valence-electron chi connectivity index (χ2n) is 7.11. The Labute approximate surface area is 141 Å². The molecule has 0 amide bonds. The maximum absolute atomic E-state index is 9.38. The second-order valence-corrected chi connectivity index (χ2v) is 7.11. The molecule has 1 rings (SSSR count). The minimum atomic E-state index is 0.0346. The highest BCUT2D eigenvalue weighted by molar-refractivity contribution is 5.35. The van der Waals surface area contributed by atoms with Gasteiger partial charge in [-0.05, 0) is 46.7 Å². The number of nitrogens with one attached hydrogen (secondary N) is 1. The van der Waals surface area contributed by atoms with Crippen LogP contribution in [0.3, 0.4) is 0 Å². The zero-order valence-corrected chi connectivity index (χ0v) is 15.6. The molecule has 4 heteroatoms. The van der Waals surface area contributed by atoms with Crippen LogP contribution in [0.4, 0.5) is 0 Å². The lowest BCUT2D eigenvalue weighted by molar-refractivity contribution is 0.161. The molecular formula is C19H34N2O2. The Bertz CT molecular complexity index is 457. The predicted molar refractivity (Wildman–Crippen MR) is 97.0 cm³/mol. The summed E-state index contributed by atoms with van der Waals surface area (Å²) in [6.45, 7) is 12.9. The molecule has 1 aromatic rings. The van der Waals surface area contributed by atoms with E-state index in [1.54, 1.807) is 7.11 Å². The normalized spacial score (nSPS) is 14.8. The Kier molecular flexibility index (Phi) is 8.03. The number of ether oxygens (including phenoxy) is 1. The smallest absolute Gasteiger partial charge is 0.123 e. The van der Waals surface area contributed by atoms with E-state index in [1.807, 2.05) is 12.1 Å². The average molecular weight is 322 g/mol. The van der Waals surface area contributed by atoms with Gasteiger partial charge in [0.05, 0.1) is 7.11 Å². The Hall–Kier alpha value is -1.10. The topological polar surface area (TPSA) is 44.7 Å². The number of aliphatic hydroxyl groups excluding tert-OH is 1. The fourth-order valence-corrected chi connectivity index (χ4v) is 3.03. The summed E-state index contributed by atoms with van der Waals surface area (Å²) in [6.07, 6.45) is 0.756. The fraction of sp³-hybridized carbons (Fsp3) is 0.684. The number of likely N-dealkylation sites (N-methyl/N-ethyl adjacent to an activating group) is 1. The maximum Gasteiger partial charge on any atom is 0.123 e. The van der Waals surface area contributed by atoms with Crippen molar-refractivity contribution in [3.05, 3.63) is 29.8 Å². The molecule has 4 nitrogen and oxygen atoms in total. The molecule has 132 valence electrons. The summed E-state index contributed by atoms with van der Waals surface area (Å²) in [5.74, 6) is 0.931.